The zero-order valence-electron chi connectivity index (χ0n) is 9.80. The van der Waals surface area contributed by atoms with E-state index in [0.29, 0.717) is 0 Å². The zero-order chi connectivity index (χ0) is 12.8. The van der Waals surface area contributed by atoms with E-state index < -0.39 is 12.0 Å². The number of nitrogens with zero attached hydrogens (tertiary/aromatic N) is 2. The van der Waals surface area contributed by atoms with Crippen LogP contribution in [0.5, 0.6) is 0 Å². The van der Waals surface area contributed by atoms with Crippen molar-refractivity contribution in [1.29, 1.82) is 0 Å². The van der Waals surface area contributed by atoms with Crippen molar-refractivity contribution >= 4 is 12.0 Å². The van der Waals surface area contributed by atoms with E-state index in [-0.39, 0.29) is 13.1 Å². The Morgan fingerprint density at radius 2 is 2.18 bits per heavy atom. The molecule has 1 heterocycles. The number of aryl methyl sites for hydroxylation is 1. The molecular weight excluding hydrogens is 222 g/mol. The molecule has 2 N–H and O–H groups in total. The van der Waals surface area contributed by atoms with E-state index >= 15 is 0 Å². The molecule has 0 atom stereocenters. The van der Waals surface area contributed by atoms with Gasteiger partial charge in [-0.2, -0.15) is 0 Å². The Balaban J connectivity index is 2.45. The van der Waals surface area contributed by atoms with E-state index in [9.17, 15) is 9.59 Å². The molecule has 0 aliphatic rings. The summed E-state index contributed by atoms with van der Waals surface area (Å²) in [5.74, 6) is -1.05. The summed E-state index contributed by atoms with van der Waals surface area (Å²) < 4.78 is 0. The van der Waals surface area contributed by atoms with Gasteiger partial charge in [-0.1, -0.05) is 6.07 Å². The van der Waals surface area contributed by atoms with Crippen LogP contribution in [0.3, 0.4) is 0 Å². The second kappa shape index (κ2) is 5.83. The first-order chi connectivity index (χ1) is 7.99. The molecule has 2 amide bonds. The van der Waals surface area contributed by atoms with E-state index in [1.807, 2.05) is 19.1 Å². The van der Waals surface area contributed by atoms with E-state index in [4.69, 9.17) is 5.11 Å². The molecule has 17 heavy (non-hydrogen) atoms. The molecule has 0 bridgehead atoms. The number of nitrogens with one attached hydrogen (secondary N) is 1. The Labute approximate surface area is 99.3 Å². The smallest absolute Gasteiger partial charge is 0.323 e. The van der Waals surface area contributed by atoms with Crippen LogP contribution in [0, 0.1) is 6.92 Å². The lowest BCUT2D eigenvalue weighted by Gasteiger charge is -2.15. The second-order valence-electron chi connectivity index (χ2n) is 3.68. The lowest BCUT2D eigenvalue weighted by molar-refractivity contribution is -0.137. The highest BCUT2D eigenvalue weighted by Gasteiger charge is 2.11. The fraction of sp³-hybridized carbons (Fsp3) is 0.364. The molecule has 0 spiro atoms. The number of carbonyl (C=O) groups excluding carboxylic acids is 1. The minimum Gasteiger partial charge on any atom is -0.480 e. The molecule has 0 radical (unpaired) electrons. The van der Waals surface area contributed by atoms with Gasteiger partial charge in [-0.15, -0.1) is 0 Å². The molecule has 0 fully saturated rings. The standard InChI is InChI=1S/C11H15N3O3/c1-8-4-3-5-9(13-8)6-12-11(17)14(2)7-10(15)16/h3-5H,6-7H2,1-2H3,(H,12,17)(H,15,16). The first-order valence-corrected chi connectivity index (χ1v) is 5.12. The van der Waals surface area contributed by atoms with E-state index in [0.717, 1.165) is 16.3 Å². The average Bonchev–Trinajstić information content (AvgIpc) is 2.25. The minimum atomic E-state index is -1.05. The van der Waals surface area contributed by atoms with Gasteiger partial charge in [-0.25, -0.2) is 4.79 Å². The molecular formula is C11H15N3O3. The summed E-state index contributed by atoms with van der Waals surface area (Å²) in [6.07, 6.45) is 0. The Kier molecular flexibility index (Phi) is 4.45. The number of rotatable bonds is 4. The largest absolute Gasteiger partial charge is 0.480 e. The number of likely N-dealkylation sites (N-methyl/N-ethyl adjacent to an activating group) is 1. The molecule has 1 aromatic heterocycles. The van der Waals surface area contributed by atoms with Gasteiger partial charge in [0, 0.05) is 12.7 Å². The van der Waals surface area contributed by atoms with Gasteiger partial charge in [0.05, 0.1) is 12.2 Å². The highest BCUT2D eigenvalue weighted by Crippen LogP contribution is 1.97. The molecule has 0 aliphatic carbocycles. The van der Waals surface area contributed by atoms with Gasteiger partial charge >= 0.3 is 12.0 Å². The number of aliphatic carboxylic acids is 1. The van der Waals surface area contributed by atoms with Crippen molar-refractivity contribution < 1.29 is 14.7 Å². The second-order valence-corrected chi connectivity index (χ2v) is 3.68. The molecule has 6 nitrogen and oxygen atoms in total. The number of carbonyl (C=O) groups is 2. The lowest BCUT2D eigenvalue weighted by Crippen LogP contribution is -2.39. The summed E-state index contributed by atoms with van der Waals surface area (Å²) in [5.41, 5.74) is 1.61. The number of amides is 2. The van der Waals surface area contributed by atoms with E-state index in [1.54, 1.807) is 6.07 Å². The number of urea groups is 1. The monoisotopic (exact) mass is 237 g/mol. The third-order valence-electron chi connectivity index (χ3n) is 2.09. The highest BCUT2D eigenvalue weighted by molar-refractivity contribution is 5.79. The SMILES string of the molecule is Cc1cccc(CNC(=O)N(C)CC(=O)O)n1. The molecule has 0 saturated heterocycles. The van der Waals surface area contributed by atoms with Crippen LogP contribution in [0.2, 0.25) is 0 Å². The maximum atomic E-state index is 11.5. The maximum Gasteiger partial charge on any atom is 0.323 e. The average molecular weight is 237 g/mol. The number of carboxylic acid groups (broad SMARTS) is 1. The molecule has 0 aromatic carbocycles. The third kappa shape index (κ3) is 4.50. The van der Waals surface area contributed by atoms with Crippen LogP contribution in [0.15, 0.2) is 18.2 Å². The van der Waals surface area contributed by atoms with Crippen LogP contribution in [-0.2, 0) is 11.3 Å². The Hall–Kier alpha value is -2.11. The summed E-state index contributed by atoms with van der Waals surface area (Å²) in [6.45, 7) is 1.82. The molecule has 1 rings (SSSR count). The number of aromatic nitrogens is 1. The van der Waals surface area contributed by atoms with Crippen molar-refractivity contribution in [2.24, 2.45) is 0 Å². The summed E-state index contributed by atoms with van der Waals surface area (Å²) in [7, 11) is 1.42. The Morgan fingerprint density at radius 1 is 1.47 bits per heavy atom. The van der Waals surface area contributed by atoms with Crippen molar-refractivity contribution in [2.75, 3.05) is 13.6 Å². The van der Waals surface area contributed by atoms with Crippen molar-refractivity contribution in [1.82, 2.24) is 15.2 Å². The topological polar surface area (TPSA) is 82.5 Å². The van der Waals surface area contributed by atoms with Crippen molar-refractivity contribution in [2.45, 2.75) is 13.5 Å². The number of pyridine rings is 1. The molecule has 0 unspecified atom stereocenters. The van der Waals surface area contributed by atoms with E-state index in [2.05, 4.69) is 10.3 Å². The molecule has 0 aliphatic heterocycles. The molecule has 92 valence electrons. The Bertz CT molecular complexity index is 420. The van der Waals surface area contributed by atoms with Crippen LogP contribution >= 0.6 is 0 Å². The van der Waals surface area contributed by atoms with Gasteiger partial charge < -0.3 is 15.3 Å². The quantitative estimate of drug-likeness (QED) is 0.804. The van der Waals surface area contributed by atoms with Crippen LogP contribution < -0.4 is 5.32 Å². The summed E-state index contributed by atoms with van der Waals surface area (Å²) >= 11 is 0. The minimum absolute atomic E-state index is 0.282. The normalized spacial score (nSPS) is 9.76. The molecule has 1 aromatic rings. The van der Waals surface area contributed by atoms with Crippen LogP contribution in [0.4, 0.5) is 4.79 Å². The molecule has 0 saturated carbocycles. The maximum absolute atomic E-state index is 11.5. The van der Waals surface area contributed by atoms with Gasteiger partial charge in [0.1, 0.15) is 6.54 Å². The number of hydrogen-bond donors (Lipinski definition) is 2. The van der Waals surface area contributed by atoms with Gasteiger partial charge in [0.15, 0.2) is 0 Å². The fourth-order valence-electron chi connectivity index (χ4n) is 1.27. The van der Waals surface area contributed by atoms with Crippen molar-refractivity contribution in [3.63, 3.8) is 0 Å². The first-order valence-electron chi connectivity index (χ1n) is 5.12. The first kappa shape index (κ1) is 13.0. The number of hydrogen-bond acceptors (Lipinski definition) is 3. The third-order valence-corrected chi connectivity index (χ3v) is 2.09. The van der Waals surface area contributed by atoms with Crippen molar-refractivity contribution in [3.05, 3.63) is 29.6 Å². The van der Waals surface area contributed by atoms with Crippen LogP contribution in [-0.4, -0.2) is 40.6 Å². The van der Waals surface area contributed by atoms with Gasteiger partial charge in [0.2, 0.25) is 0 Å². The lowest BCUT2D eigenvalue weighted by atomic mass is 10.3. The van der Waals surface area contributed by atoms with Crippen molar-refractivity contribution in [3.8, 4) is 0 Å². The summed E-state index contributed by atoms with van der Waals surface area (Å²) in [4.78, 5) is 27.2. The predicted molar refractivity (Wildman–Crippen MR) is 61.5 cm³/mol. The number of carboxylic acids is 1. The fourth-order valence-corrected chi connectivity index (χ4v) is 1.27. The van der Waals surface area contributed by atoms with Gasteiger partial charge in [-0.3, -0.25) is 9.78 Å². The van der Waals surface area contributed by atoms with E-state index in [1.165, 1.54) is 7.05 Å². The Morgan fingerprint density at radius 3 is 2.76 bits per heavy atom. The van der Waals surface area contributed by atoms with Crippen LogP contribution in [0.1, 0.15) is 11.4 Å². The predicted octanol–water partition coefficient (Wildman–Crippen LogP) is 0.616. The molecule has 6 heteroatoms. The van der Waals surface area contributed by atoms with Crippen LogP contribution in [0.25, 0.3) is 0 Å². The zero-order valence-corrected chi connectivity index (χ0v) is 9.80. The van der Waals surface area contributed by atoms with Gasteiger partial charge in [-0.05, 0) is 19.1 Å². The summed E-state index contributed by atoms with van der Waals surface area (Å²) in [6, 6.07) is 5.08. The summed E-state index contributed by atoms with van der Waals surface area (Å²) in [5, 5.41) is 11.1. The van der Waals surface area contributed by atoms with Gasteiger partial charge in [0.25, 0.3) is 0 Å². The highest BCUT2D eigenvalue weighted by atomic mass is 16.4.